The summed E-state index contributed by atoms with van der Waals surface area (Å²) < 4.78 is 5.67. The van der Waals surface area contributed by atoms with Gasteiger partial charge in [-0.3, -0.25) is 4.79 Å². The van der Waals surface area contributed by atoms with E-state index < -0.39 is 17.6 Å². The van der Waals surface area contributed by atoms with Gasteiger partial charge in [-0.25, -0.2) is 9.59 Å². The average Bonchev–Trinajstić information content (AvgIpc) is 3.64. The third kappa shape index (κ3) is 3.51. The number of benzene rings is 2. The SMILES string of the molecule is O=C(NC1CCC(C(=O)N2C3CCC2(C(=O)O)CC3)C1)OCC1c2ccccc2-c2ccccc21. The second kappa shape index (κ2) is 8.40. The molecule has 6 rings (SSSR count). The number of carboxylic acids is 1. The number of carbonyl (C=O) groups excluding carboxylic acids is 2. The maximum atomic E-state index is 13.3. The molecule has 2 aliphatic heterocycles. The number of carbonyl (C=O) groups is 3. The van der Waals surface area contributed by atoms with Crippen LogP contribution in [0.2, 0.25) is 0 Å². The summed E-state index contributed by atoms with van der Waals surface area (Å²) in [6.45, 7) is 0.255. The Balaban J connectivity index is 1.06. The van der Waals surface area contributed by atoms with Gasteiger partial charge in [0.05, 0.1) is 0 Å². The van der Waals surface area contributed by atoms with Crippen LogP contribution in [-0.2, 0) is 14.3 Å². The molecule has 2 heterocycles. The predicted octanol–water partition coefficient (Wildman–Crippen LogP) is 4.30. The van der Waals surface area contributed by atoms with Gasteiger partial charge in [0.1, 0.15) is 12.1 Å². The summed E-state index contributed by atoms with van der Waals surface area (Å²) in [5.41, 5.74) is 3.69. The minimum atomic E-state index is -1.01. The van der Waals surface area contributed by atoms with Crippen LogP contribution in [0.5, 0.6) is 0 Å². The summed E-state index contributed by atoms with van der Waals surface area (Å²) in [5.74, 6) is -1.17. The van der Waals surface area contributed by atoms with Crippen LogP contribution >= 0.6 is 0 Å². The molecule has 0 spiro atoms. The number of rotatable bonds is 5. The van der Waals surface area contributed by atoms with Gasteiger partial charge < -0.3 is 20.1 Å². The molecule has 35 heavy (non-hydrogen) atoms. The monoisotopic (exact) mass is 474 g/mol. The highest BCUT2D eigenvalue weighted by Gasteiger charge is 2.59. The van der Waals surface area contributed by atoms with Crippen molar-refractivity contribution >= 4 is 18.0 Å². The van der Waals surface area contributed by atoms with Gasteiger partial charge in [0, 0.05) is 23.9 Å². The summed E-state index contributed by atoms with van der Waals surface area (Å²) >= 11 is 0. The molecular formula is C28H30N2O5. The largest absolute Gasteiger partial charge is 0.479 e. The fourth-order valence-corrected chi connectivity index (χ4v) is 6.98. The molecule has 2 aromatic carbocycles. The van der Waals surface area contributed by atoms with E-state index in [1.165, 1.54) is 22.3 Å². The van der Waals surface area contributed by atoms with E-state index in [0.717, 1.165) is 12.8 Å². The zero-order chi connectivity index (χ0) is 24.2. The van der Waals surface area contributed by atoms with Gasteiger partial charge in [0.2, 0.25) is 5.91 Å². The molecule has 7 nitrogen and oxygen atoms in total. The molecule has 1 saturated carbocycles. The minimum Gasteiger partial charge on any atom is -0.479 e. The summed E-state index contributed by atoms with van der Waals surface area (Å²) in [7, 11) is 0. The number of amides is 2. The summed E-state index contributed by atoms with van der Waals surface area (Å²) in [6, 6.07) is 16.4. The summed E-state index contributed by atoms with van der Waals surface area (Å²) in [4.78, 5) is 39.6. The van der Waals surface area contributed by atoms with Crippen LogP contribution in [0.25, 0.3) is 11.1 Å². The van der Waals surface area contributed by atoms with Gasteiger partial charge in [-0.1, -0.05) is 48.5 Å². The maximum Gasteiger partial charge on any atom is 0.407 e. The first-order chi connectivity index (χ1) is 17.0. The first kappa shape index (κ1) is 22.1. The number of hydrogen-bond donors (Lipinski definition) is 2. The molecule has 3 fully saturated rings. The van der Waals surface area contributed by atoms with Crippen LogP contribution in [0, 0.1) is 5.92 Å². The second-order valence-electron chi connectivity index (χ2n) is 10.5. The highest BCUT2D eigenvalue weighted by atomic mass is 16.5. The molecule has 2 unspecified atom stereocenters. The van der Waals surface area contributed by atoms with Crippen molar-refractivity contribution in [2.75, 3.05) is 6.61 Å². The number of ether oxygens (including phenoxy) is 1. The number of fused-ring (bicyclic) bond motifs is 5. The third-order valence-corrected chi connectivity index (χ3v) is 8.69. The predicted molar refractivity (Wildman–Crippen MR) is 129 cm³/mol. The van der Waals surface area contributed by atoms with Gasteiger partial charge in [-0.05, 0) is 67.2 Å². The lowest BCUT2D eigenvalue weighted by Crippen LogP contribution is -2.52. The number of carboxylic acid groups (broad SMARTS) is 1. The smallest absolute Gasteiger partial charge is 0.407 e. The number of aliphatic carboxylic acids is 1. The van der Waals surface area contributed by atoms with Crippen molar-refractivity contribution in [3.63, 3.8) is 0 Å². The third-order valence-electron chi connectivity index (χ3n) is 8.69. The summed E-state index contributed by atoms with van der Waals surface area (Å²) in [5, 5.41) is 12.8. The van der Waals surface area contributed by atoms with E-state index >= 15 is 0 Å². The van der Waals surface area contributed by atoms with E-state index in [9.17, 15) is 19.5 Å². The molecule has 2 bridgehead atoms. The second-order valence-corrected chi connectivity index (χ2v) is 10.5. The Bertz CT molecular complexity index is 1140. The highest BCUT2D eigenvalue weighted by Crippen LogP contribution is 2.48. The van der Waals surface area contributed by atoms with Crippen molar-refractivity contribution in [2.45, 2.75) is 68.5 Å². The summed E-state index contributed by atoms with van der Waals surface area (Å²) in [6.07, 6.45) is 4.05. The van der Waals surface area contributed by atoms with Gasteiger partial charge in [0.15, 0.2) is 0 Å². The number of alkyl carbamates (subject to hydrolysis) is 1. The number of nitrogens with one attached hydrogen (secondary N) is 1. The molecule has 4 aliphatic rings. The van der Waals surface area contributed by atoms with Gasteiger partial charge in [-0.2, -0.15) is 0 Å². The van der Waals surface area contributed by atoms with Crippen LogP contribution in [0.1, 0.15) is 62.0 Å². The zero-order valence-electron chi connectivity index (χ0n) is 19.6. The van der Waals surface area contributed by atoms with Crippen molar-refractivity contribution in [3.05, 3.63) is 59.7 Å². The van der Waals surface area contributed by atoms with E-state index in [2.05, 4.69) is 29.6 Å². The Morgan fingerprint density at radius 1 is 0.943 bits per heavy atom. The Kier molecular flexibility index (Phi) is 5.31. The fourth-order valence-electron chi connectivity index (χ4n) is 6.98. The van der Waals surface area contributed by atoms with Crippen molar-refractivity contribution in [1.29, 1.82) is 0 Å². The Morgan fingerprint density at radius 2 is 1.57 bits per heavy atom. The van der Waals surface area contributed by atoms with Crippen molar-refractivity contribution in [3.8, 4) is 11.1 Å². The number of hydrogen-bond acceptors (Lipinski definition) is 4. The van der Waals surface area contributed by atoms with Gasteiger partial charge in [0.25, 0.3) is 0 Å². The molecule has 2 amide bonds. The Morgan fingerprint density at radius 3 is 2.20 bits per heavy atom. The Labute approximate surface area is 204 Å². The lowest BCUT2D eigenvalue weighted by molar-refractivity contribution is -0.157. The van der Waals surface area contributed by atoms with E-state index in [1.807, 2.05) is 24.3 Å². The molecule has 2 aliphatic carbocycles. The first-order valence-corrected chi connectivity index (χ1v) is 12.7. The lowest BCUT2D eigenvalue weighted by Gasteiger charge is -2.32. The molecule has 2 atom stereocenters. The number of nitrogens with zero attached hydrogens (tertiary/aromatic N) is 1. The first-order valence-electron chi connectivity index (χ1n) is 12.7. The van der Waals surface area contributed by atoms with Gasteiger partial charge >= 0.3 is 12.1 Å². The Hall–Kier alpha value is -3.35. The molecule has 2 aromatic rings. The van der Waals surface area contributed by atoms with Crippen LogP contribution < -0.4 is 5.32 Å². The van der Waals surface area contributed by atoms with Crippen LogP contribution in [0.4, 0.5) is 4.79 Å². The molecular weight excluding hydrogens is 444 g/mol. The standard InChI is InChI=1S/C28H30N2O5/c31-25(30-19-11-13-28(30,14-12-19)26(32)33)17-9-10-18(15-17)29-27(34)35-16-24-22-7-3-1-5-20(22)21-6-2-4-8-23(21)24/h1-8,17-19,24H,9-16H2,(H,29,34)(H,32,33). The molecule has 0 radical (unpaired) electrons. The minimum absolute atomic E-state index is 0.00362. The van der Waals surface area contributed by atoms with Gasteiger partial charge in [-0.15, -0.1) is 0 Å². The van der Waals surface area contributed by atoms with Crippen LogP contribution in [0.3, 0.4) is 0 Å². The van der Waals surface area contributed by atoms with Crippen molar-refractivity contribution in [1.82, 2.24) is 10.2 Å². The average molecular weight is 475 g/mol. The molecule has 7 heteroatoms. The van der Waals surface area contributed by atoms with Crippen molar-refractivity contribution < 1.29 is 24.2 Å². The normalized spacial score (nSPS) is 28.6. The lowest BCUT2D eigenvalue weighted by atomic mass is 9.88. The van der Waals surface area contributed by atoms with Crippen LogP contribution in [-0.4, -0.2) is 52.2 Å². The molecule has 2 saturated heterocycles. The van der Waals surface area contributed by atoms with E-state index in [-0.39, 0.29) is 36.4 Å². The quantitative estimate of drug-likeness (QED) is 0.674. The van der Waals surface area contributed by atoms with E-state index in [1.54, 1.807) is 4.90 Å². The van der Waals surface area contributed by atoms with Crippen LogP contribution in [0.15, 0.2) is 48.5 Å². The maximum absolute atomic E-state index is 13.3. The molecule has 2 N–H and O–H groups in total. The van der Waals surface area contributed by atoms with E-state index in [4.69, 9.17) is 4.74 Å². The zero-order valence-corrected chi connectivity index (χ0v) is 19.6. The highest BCUT2D eigenvalue weighted by molar-refractivity contribution is 5.90. The van der Waals surface area contributed by atoms with E-state index in [0.29, 0.717) is 32.1 Å². The topological polar surface area (TPSA) is 95.9 Å². The molecule has 0 aromatic heterocycles. The molecule has 182 valence electrons. The van der Waals surface area contributed by atoms with Crippen molar-refractivity contribution in [2.24, 2.45) is 5.92 Å². The fraction of sp³-hybridized carbons (Fsp3) is 0.464.